The first-order chi connectivity index (χ1) is 9.40. The zero-order valence-corrected chi connectivity index (χ0v) is 11.7. The molecule has 0 heterocycles. The molecule has 1 aromatic rings. The van der Waals surface area contributed by atoms with Crippen molar-refractivity contribution in [3.8, 4) is 0 Å². The summed E-state index contributed by atoms with van der Waals surface area (Å²) in [6.45, 7) is 1.95. The molecule has 108 valence electrons. The molecule has 0 aliphatic carbocycles. The number of benzene rings is 1. The standard InChI is InChI=1S/C14H15ClFNO3/c1-9(7-14(19)20)8-17-13(18)6-5-10-11(15)3-2-4-12(10)16/h2-6,9H,7-8H2,1H3,(H,17,18)(H,19,20)/b6-5+. The zero-order valence-electron chi connectivity index (χ0n) is 10.9. The number of rotatable bonds is 6. The van der Waals surface area contributed by atoms with E-state index in [1.54, 1.807) is 6.92 Å². The van der Waals surface area contributed by atoms with E-state index < -0.39 is 17.7 Å². The smallest absolute Gasteiger partial charge is 0.303 e. The quantitative estimate of drug-likeness (QED) is 0.794. The number of hydrogen-bond acceptors (Lipinski definition) is 2. The van der Waals surface area contributed by atoms with Gasteiger partial charge in [0.15, 0.2) is 0 Å². The Bertz CT molecular complexity index is 511. The van der Waals surface area contributed by atoms with Crippen LogP contribution in [0.4, 0.5) is 4.39 Å². The van der Waals surface area contributed by atoms with Gasteiger partial charge >= 0.3 is 5.97 Å². The predicted molar refractivity (Wildman–Crippen MR) is 74.9 cm³/mol. The maximum Gasteiger partial charge on any atom is 0.303 e. The van der Waals surface area contributed by atoms with Gasteiger partial charge in [0, 0.05) is 24.6 Å². The molecule has 1 atom stereocenters. The van der Waals surface area contributed by atoms with Crippen molar-refractivity contribution in [3.05, 3.63) is 40.7 Å². The van der Waals surface area contributed by atoms with Crippen molar-refractivity contribution in [2.24, 2.45) is 5.92 Å². The summed E-state index contributed by atoms with van der Waals surface area (Å²) in [6, 6.07) is 4.25. The van der Waals surface area contributed by atoms with E-state index in [-0.39, 0.29) is 29.5 Å². The highest BCUT2D eigenvalue weighted by molar-refractivity contribution is 6.32. The summed E-state index contributed by atoms with van der Waals surface area (Å²) in [5.41, 5.74) is 0.142. The molecular formula is C14H15ClFNO3. The molecule has 1 rings (SSSR count). The second kappa shape index (κ2) is 7.65. The van der Waals surface area contributed by atoms with Crippen molar-refractivity contribution in [2.45, 2.75) is 13.3 Å². The lowest BCUT2D eigenvalue weighted by Crippen LogP contribution is -2.27. The summed E-state index contributed by atoms with van der Waals surface area (Å²) < 4.78 is 13.4. The summed E-state index contributed by atoms with van der Waals surface area (Å²) in [5.74, 6) is -2.04. The molecule has 6 heteroatoms. The van der Waals surface area contributed by atoms with Crippen molar-refractivity contribution in [1.82, 2.24) is 5.32 Å². The number of carbonyl (C=O) groups excluding carboxylic acids is 1. The van der Waals surface area contributed by atoms with Gasteiger partial charge in [-0.3, -0.25) is 9.59 Å². The van der Waals surface area contributed by atoms with E-state index in [4.69, 9.17) is 16.7 Å². The van der Waals surface area contributed by atoms with Gasteiger partial charge in [-0.25, -0.2) is 4.39 Å². The molecular weight excluding hydrogens is 285 g/mol. The van der Waals surface area contributed by atoms with Gasteiger partial charge in [0.05, 0.1) is 5.02 Å². The summed E-state index contributed by atoms with van der Waals surface area (Å²) in [5, 5.41) is 11.3. The fourth-order valence-electron chi connectivity index (χ4n) is 1.53. The van der Waals surface area contributed by atoms with Crippen molar-refractivity contribution in [1.29, 1.82) is 0 Å². The Morgan fingerprint density at radius 1 is 1.50 bits per heavy atom. The number of carbonyl (C=O) groups is 2. The van der Waals surface area contributed by atoms with Gasteiger partial charge in [0.1, 0.15) is 5.82 Å². The minimum absolute atomic E-state index is 0.0247. The molecule has 0 radical (unpaired) electrons. The number of nitrogens with one attached hydrogen (secondary N) is 1. The molecule has 0 aromatic heterocycles. The second-order valence-electron chi connectivity index (χ2n) is 4.42. The lowest BCUT2D eigenvalue weighted by molar-refractivity contribution is -0.138. The van der Waals surface area contributed by atoms with E-state index in [1.165, 1.54) is 24.3 Å². The summed E-state index contributed by atoms with van der Waals surface area (Å²) >= 11 is 5.81. The number of carboxylic acids is 1. The minimum atomic E-state index is -0.916. The fraction of sp³-hybridized carbons (Fsp3) is 0.286. The molecule has 1 unspecified atom stereocenters. The van der Waals surface area contributed by atoms with E-state index >= 15 is 0 Å². The van der Waals surface area contributed by atoms with Gasteiger partial charge in [-0.2, -0.15) is 0 Å². The number of hydrogen-bond donors (Lipinski definition) is 2. The van der Waals surface area contributed by atoms with Crippen LogP contribution >= 0.6 is 11.6 Å². The molecule has 0 aliphatic heterocycles. The van der Waals surface area contributed by atoms with Crippen molar-refractivity contribution in [3.63, 3.8) is 0 Å². The highest BCUT2D eigenvalue weighted by Crippen LogP contribution is 2.20. The van der Waals surface area contributed by atoms with E-state index in [0.717, 1.165) is 6.08 Å². The van der Waals surface area contributed by atoms with Crippen LogP contribution in [0, 0.1) is 11.7 Å². The Balaban J connectivity index is 2.54. The van der Waals surface area contributed by atoms with Gasteiger partial charge in [-0.1, -0.05) is 24.6 Å². The van der Waals surface area contributed by atoms with Gasteiger partial charge in [-0.05, 0) is 24.1 Å². The highest BCUT2D eigenvalue weighted by atomic mass is 35.5. The third-order valence-electron chi connectivity index (χ3n) is 2.55. The van der Waals surface area contributed by atoms with E-state index in [9.17, 15) is 14.0 Å². The Morgan fingerprint density at radius 3 is 2.80 bits per heavy atom. The monoisotopic (exact) mass is 299 g/mol. The Labute approximate surface area is 121 Å². The first kappa shape index (κ1) is 16.2. The van der Waals surface area contributed by atoms with Crippen LogP contribution in [-0.4, -0.2) is 23.5 Å². The predicted octanol–water partition coefficient (Wildman–Crippen LogP) is 2.72. The molecule has 0 spiro atoms. The number of aliphatic carboxylic acids is 1. The van der Waals surface area contributed by atoms with Crippen LogP contribution < -0.4 is 5.32 Å². The third-order valence-corrected chi connectivity index (χ3v) is 2.88. The Kier molecular flexibility index (Phi) is 6.18. The van der Waals surface area contributed by atoms with Gasteiger partial charge in [0.25, 0.3) is 0 Å². The molecule has 0 fully saturated rings. The van der Waals surface area contributed by atoms with E-state index in [1.807, 2.05) is 0 Å². The first-order valence-electron chi connectivity index (χ1n) is 6.02. The molecule has 2 N–H and O–H groups in total. The van der Waals surface area contributed by atoms with Crippen LogP contribution in [0.15, 0.2) is 24.3 Å². The average Bonchev–Trinajstić information content (AvgIpc) is 2.35. The first-order valence-corrected chi connectivity index (χ1v) is 6.39. The number of carboxylic acid groups (broad SMARTS) is 1. The van der Waals surface area contributed by atoms with Crippen LogP contribution in [-0.2, 0) is 9.59 Å². The molecule has 1 amide bonds. The maximum absolute atomic E-state index is 13.4. The lowest BCUT2D eigenvalue weighted by atomic mass is 10.1. The molecule has 0 saturated carbocycles. The van der Waals surface area contributed by atoms with Crippen molar-refractivity contribution < 1.29 is 19.1 Å². The molecule has 1 aromatic carbocycles. The van der Waals surface area contributed by atoms with Crippen LogP contribution in [0.5, 0.6) is 0 Å². The zero-order chi connectivity index (χ0) is 15.1. The van der Waals surface area contributed by atoms with Crippen LogP contribution in [0.3, 0.4) is 0 Å². The molecule has 0 aliphatic rings. The summed E-state index contributed by atoms with van der Waals surface area (Å²) in [6.07, 6.45) is 2.43. The Hall–Kier alpha value is -1.88. The average molecular weight is 300 g/mol. The Morgan fingerprint density at radius 2 is 2.20 bits per heavy atom. The van der Waals surface area contributed by atoms with Gasteiger partial charge in [0.2, 0.25) is 5.91 Å². The molecule has 4 nitrogen and oxygen atoms in total. The summed E-state index contributed by atoms with van der Waals surface area (Å²) in [4.78, 5) is 22.0. The van der Waals surface area contributed by atoms with Crippen LogP contribution in [0.2, 0.25) is 5.02 Å². The normalized spacial score (nSPS) is 12.3. The second-order valence-corrected chi connectivity index (χ2v) is 4.82. The fourth-order valence-corrected chi connectivity index (χ4v) is 1.76. The minimum Gasteiger partial charge on any atom is -0.481 e. The van der Waals surface area contributed by atoms with Gasteiger partial charge < -0.3 is 10.4 Å². The summed E-state index contributed by atoms with van der Waals surface area (Å²) in [7, 11) is 0. The topological polar surface area (TPSA) is 66.4 Å². The maximum atomic E-state index is 13.4. The number of halogens is 2. The lowest BCUT2D eigenvalue weighted by Gasteiger charge is -2.08. The highest BCUT2D eigenvalue weighted by Gasteiger charge is 2.08. The van der Waals surface area contributed by atoms with Gasteiger partial charge in [-0.15, -0.1) is 0 Å². The third kappa shape index (κ3) is 5.40. The molecule has 0 bridgehead atoms. The van der Waals surface area contributed by atoms with Crippen LogP contribution in [0.25, 0.3) is 6.08 Å². The molecule has 0 saturated heterocycles. The SMILES string of the molecule is CC(CNC(=O)/C=C/c1c(F)cccc1Cl)CC(=O)O. The number of amides is 1. The molecule has 20 heavy (non-hydrogen) atoms. The van der Waals surface area contributed by atoms with Crippen molar-refractivity contribution >= 4 is 29.6 Å². The largest absolute Gasteiger partial charge is 0.481 e. The van der Waals surface area contributed by atoms with Crippen LogP contribution in [0.1, 0.15) is 18.9 Å². The van der Waals surface area contributed by atoms with E-state index in [0.29, 0.717) is 0 Å². The van der Waals surface area contributed by atoms with Crippen molar-refractivity contribution in [2.75, 3.05) is 6.54 Å². The van der Waals surface area contributed by atoms with E-state index in [2.05, 4.69) is 5.32 Å².